The van der Waals surface area contributed by atoms with Crippen LogP contribution >= 0.6 is 11.3 Å². The van der Waals surface area contributed by atoms with E-state index in [9.17, 15) is 5.11 Å². The van der Waals surface area contributed by atoms with Crippen molar-refractivity contribution in [3.05, 3.63) is 39.7 Å². The van der Waals surface area contributed by atoms with Crippen LogP contribution in [-0.2, 0) is 6.42 Å². The summed E-state index contributed by atoms with van der Waals surface area (Å²) >= 11 is 1.60. The molecule has 0 aliphatic carbocycles. The summed E-state index contributed by atoms with van der Waals surface area (Å²) in [6.07, 6.45) is 1.51. The van der Waals surface area contributed by atoms with E-state index in [-0.39, 0.29) is 0 Å². The molecule has 0 radical (unpaired) electrons. The molecule has 0 fully saturated rings. The van der Waals surface area contributed by atoms with Crippen LogP contribution in [0.5, 0.6) is 0 Å². The second kappa shape index (κ2) is 4.16. The fourth-order valence-electron chi connectivity index (χ4n) is 1.52. The minimum Gasteiger partial charge on any atom is -0.466 e. The highest BCUT2D eigenvalue weighted by atomic mass is 32.1. The molecule has 0 aliphatic heterocycles. The van der Waals surface area contributed by atoms with Gasteiger partial charge in [0, 0.05) is 11.8 Å². The van der Waals surface area contributed by atoms with Crippen molar-refractivity contribution in [3.8, 4) is 0 Å². The summed E-state index contributed by atoms with van der Waals surface area (Å²) in [5.74, 6) is 0.639. The van der Waals surface area contributed by atoms with E-state index in [2.05, 4.69) is 4.98 Å². The lowest BCUT2D eigenvalue weighted by molar-refractivity contribution is 0.148. The number of hydrogen-bond acceptors (Lipinski definition) is 4. The highest BCUT2D eigenvalue weighted by Crippen LogP contribution is 2.22. The SMILES string of the molecule is Cc1nc(CC(O)c2occc2C)cs1. The first-order valence-electron chi connectivity index (χ1n) is 4.80. The van der Waals surface area contributed by atoms with E-state index < -0.39 is 6.10 Å². The van der Waals surface area contributed by atoms with Gasteiger partial charge in [0.1, 0.15) is 11.9 Å². The zero-order valence-corrected chi connectivity index (χ0v) is 9.54. The van der Waals surface area contributed by atoms with Gasteiger partial charge < -0.3 is 9.52 Å². The van der Waals surface area contributed by atoms with Crippen LogP contribution in [0.3, 0.4) is 0 Å². The maximum absolute atomic E-state index is 9.92. The lowest BCUT2D eigenvalue weighted by Gasteiger charge is -2.06. The molecule has 0 amide bonds. The molecular formula is C11H13NO2S. The molecule has 3 nitrogen and oxygen atoms in total. The molecule has 2 aromatic heterocycles. The summed E-state index contributed by atoms with van der Waals surface area (Å²) in [4.78, 5) is 4.31. The van der Waals surface area contributed by atoms with Gasteiger partial charge in [-0.1, -0.05) is 0 Å². The summed E-state index contributed by atoms with van der Waals surface area (Å²) in [5, 5.41) is 12.9. The molecule has 2 aromatic rings. The Kier molecular flexibility index (Phi) is 2.88. The molecule has 2 heterocycles. The molecule has 0 bridgehead atoms. The van der Waals surface area contributed by atoms with Gasteiger partial charge in [0.2, 0.25) is 0 Å². The fourth-order valence-corrected chi connectivity index (χ4v) is 2.14. The Hall–Kier alpha value is -1.13. The molecule has 0 spiro atoms. The first-order chi connectivity index (χ1) is 7.16. The number of aromatic nitrogens is 1. The number of thiazole rings is 1. The van der Waals surface area contributed by atoms with Crippen molar-refractivity contribution in [3.63, 3.8) is 0 Å². The predicted octanol–water partition coefficient (Wildman–Crippen LogP) is 2.63. The van der Waals surface area contributed by atoms with Gasteiger partial charge in [-0.3, -0.25) is 0 Å². The van der Waals surface area contributed by atoms with Crippen molar-refractivity contribution in [1.29, 1.82) is 0 Å². The van der Waals surface area contributed by atoms with Gasteiger partial charge in [-0.15, -0.1) is 11.3 Å². The van der Waals surface area contributed by atoms with E-state index in [1.807, 2.05) is 25.3 Å². The third-order valence-corrected chi connectivity index (χ3v) is 3.10. The molecule has 0 aliphatic rings. The van der Waals surface area contributed by atoms with Crippen molar-refractivity contribution in [1.82, 2.24) is 4.98 Å². The topological polar surface area (TPSA) is 46.3 Å². The quantitative estimate of drug-likeness (QED) is 0.870. The Morgan fingerprint density at radius 1 is 1.53 bits per heavy atom. The Bertz CT molecular complexity index is 447. The fraction of sp³-hybridized carbons (Fsp3) is 0.364. The molecule has 1 atom stereocenters. The number of rotatable bonds is 3. The number of aliphatic hydroxyl groups is 1. The predicted molar refractivity (Wildman–Crippen MR) is 59.0 cm³/mol. The zero-order chi connectivity index (χ0) is 10.8. The molecule has 1 N–H and O–H groups in total. The van der Waals surface area contributed by atoms with Crippen molar-refractivity contribution >= 4 is 11.3 Å². The highest BCUT2D eigenvalue weighted by Gasteiger charge is 2.15. The van der Waals surface area contributed by atoms with Crippen LogP contribution < -0.4 is 0 Å². The molecule has 4 heteroatoms. The molecule has 15 heavy (non-hydrogen) atoms. The van der Waals surface area contributed by atoms with E-state index in [4.69, 9.17) is 4.42 Å². The summed E-state index contributed by atoms with van der Waals surface area (Å²) < 4.78 is 5.23. The molecule has 0 saturated carbocycles. The van der Waals surface area contributed by atoms with Crippen molar-refractivity contribution in [2.75, 3.05) is 0 Å². The van der Waals surface area contributed by atoms with Crippen molar-refractivity contribution < 1.29 is 9.52 Å². The van der Waals surface area contributed by atoms with Crippen molar-refractivity contribution in [2.45, 2.75) is 26.4 Å². The second-order valence-electron chi connectivity index (χ2n) is 3.55. The van der Waals surface area contributed by atoms with Gasteiger partial charge in [-0.05, 0) is 25.5 Å². The summed E-state index contributed by atoms with van der Waals surface area (Å²) in [6.45, 7) is 3.88. The van der Waals surface area contributed by atoms with Crippen molar-refractivity contribution in [2.24, 2.45) is 0 Å². The number of aliphatic hydroxyl groups excluding tert-OH is 1. The molecule has 2 rings (SSSR count). The van der Waals surface area contributed by atoms with E-state index in [0.717, 1.165) is 16.3 Å². The van der Waals surface area contributed by atoms with Crippen LogP contribution in [0.25, 0.3) is 0 Å². The van der Waals surface area contributed by atoms with Gasteiger partial charge in [0.15, 0.2) is 0 Å². The standard InChI is InChI=1S/C11H13NO2S/c1-7-3-4-14-11(7)10(13)5-9-6-15-8(2)12-9/h3-4,6,10,13H,5H2,1-2H3. The van der Waals surface area contributed by atoms with Gasteiger partial charge in [0.05, 0.1) is 17.0 Å². The third-order valence-electron chi connectivity index (χ3n) is 2.27. The van der Waals surface area contributed by atoms with Crippen LogP contribution in [0.4, 0.5) is 0 Å². The molecule has 80 valence electrons. The van der Waals surface area contributed by atoms with Crippen LogP contribution in [-0.4, -0.2) is 10.1 Å². The average molecular weight is 223 g/mol. The summed E-state index contributed by atoms with van der Waals surface area (Å²) in [6, 6.07) is 1.85. The van der Waals surface area contributed by atoms with Crippen LogP contribution in [0.2, 0.25) is 0 Å². The summed E-state index contributed by atoms with van der Waals surface area (Å²) in [5.41, 5.74) is 1.90. The van der Waals surface area contributed by atoms with Gasteiger partial charge in [-0.25, -0.2) is 4.98 Å². The van der Waals surface area contributed by atoms with E-state index in [1.54, 1.807) is 17.6 Å². The first kappa shape index (κ1) is 10.4. The Labute approximate surface area is 92.4 Å². The Balaban J connectivity index is 2.10. The van der Waals surface area contributed by atoms with Gasteiger partial charge >= 0.3 is 0 Å². The Morgan fingerprint density at radius 3 is 2.87 bits per heavy atom. The van der Waals surface area contributed by atoms with Crippen LogP contribution in [0, 0.1) is 13.8 Å². The third kappa shape index (κ3) is 2.27. The lowest BCUT2D eigenvalue weighted by atomic mass is 10.1. The van der Waals surface area contributed by atoms with E-state index >= 15 is 0 Å². The van der Waals surface area contributed by atoms with Crippen LogP contribution in [0.1, 0.15) is 28.1 Å². The average Bonchev–Trinajstić information content (AvgIpc) is 2.75. The number of hydrogen-bond donors (Lipinski definition) is 1. The van der Waals surface area contributed by atoms with Gasteiger partial charge in [-0.2, -0.15) is 0 Å². The number of furan rings is 1. The first-order valence-corrected chi connectivity index (χ1v) is 5.68. The normalized spacial score (nSPS) is 13.0. The lowest BCUT2D eigenvalue weighted by Crippen LogP contribution is -2.02. The molecule has 0 saturated heterocycles. The minimum absolute atomic E-state index is 0.513. The van der Waals surface area contributed by atoms with Gasteiger partial charge in [0.25, 0.3) is 0 Å². The second-order valence-corrected chi connectivity index (χ2v) is 4.61. The van der Waals surface area contributed by atoms with E-state index in [0.29, 0.717) is 12.2 Å². The monoisotopic (exact) mass is 223 g/mol. The maximum Gasteiger partial charge on any atom is 0.135 e. The highest BCUT2D eigenvalue weighted by molar-refractivity contribution is 7.09. The summed E-state index contributed by atoms with van der Waals surface area (Å²) in [7, 11) is 0. The smallest absolute Gasteiger partial charge is 0.135 e. The Morgan fingerprint density at radius 2 is 2.33 bits per heavy atom. The van der Waals surface area contributed by atoms with Crippen LogP contribution in [0.15, 0.2) is 22.1 Å². The maximum atomic E-state index is 9.92. The molecular weight excluding hydrogens is 210 g/mol. The van der Waals surface area contributed by atoms with E-state index in [1.165, 1.54) is 0 Å². The molecule has 1 unspecified atom stereocenters. The number of nitrogens with zero attached hydrogens (tertiary/aromatic N) is 1. The molecule has 0 aromatic carbocycles. The zero-order valence-electron chi connectivity index (χ0n) is 8.73. The largest absolute Gasteiger partial charge is 0.466 e. The number of aryl methyl sites for hydroxylation is 2. The minimum atomic E-state index is -0.596.